The Balaban J connectivity index is 1.45. The number of hydrogen-bond acceptors (Lipinski definition) is 6. The highest BCUT2D eigenvalue weighted by Gasteiger charge is 2.15. The molecule has 0 saturated carbocycles. The summed E-state index contributed by atoms with van der Waals surface area (Å²) in [4.78, 5) is 18.5. The van der Waals surface area contributed by atoms with E-state index in [4.69, 9.17) is 9.97 Å². The van der Waals surface area contributed by atoms with E-state index in [-0.39, 0.29) is 12.6 Å². The molecule has 0 aliphatic rings. The van der Waals surface area contributed by atoms with Gasteiger partial charge in [0, 0.05) is 24.0 Å². The number of pyridine rings is 1. The van der Waals surface area contributed by atoms with Crippen molar-refractivity contribution in [3.63, 3.8) is 0 Å². The van der Waals surface area contributed by atoms with E-state index in [2.05, 4.69) is 52.5 Å². The number of benzene rings is 3. The molecular weight excluding hydrogens is 472 g/mol. The fourth-order valence-electron chi connectivity index (χ4n) is 4.61. The van der Waals surface area contributed by atoms with E-state index in [1.54, 1.807) is 18.7 Å². The van der Waals surface area contributed by atoms with Crippen LogP contribution >= 0.6 is 0 Å². The van der Waals surface area contributed by atoms with Crippen molar-refractivity contribution in [1.29, 1.82) is 0 Å². The molecule has 3 aromatic heterocycles. The van der Waals surface area contributed by atoms with Gasteiger partial charge in [-0.25, -0.2) is 9.97 Å². The molecule has 1 unspecified atom stereocenters. The van der Waals surface area contributed by atoms with Crippen molar-refractivity contribution < 1.29 is 5.11 Å². The molecule has 0 saturated heterocycles. The Kier molecular flexibility index (Phi) is 6.34. The molecule has 2 N–H and O–H groups in total. The van der Waals surface area contributed by atoms with E-state index in [9.17, 15) is 5.11 Å². The van der Waals surface area contributed by atoms with Gasteiger partial charge in [-0.1, -0.05) is 60.7 Å². The monoisotopic (exact) mass is 498 g/mol. The molecule has 0 radical (unpaired) electrons. The van der Waals surface area contributed by atoms with E-state index in [1.165, 1.54) is 0 Å². The van der Waals surface area contributed by atoms with Gasteiger partial charge in [0.15, 0.2) is 0 Å². The molecule has 6 rings (SSSR count). The van der Waals surface area contributed by atoms with E-state index < -0.39 is 0 Å². The van der Waals surface area contributed by atoms with Crippen LogP contribution in [0.3, 0.4) is 0 Å². The van der Waals surface area contributed by atoms with Gasteiger partial charge in [-0.05, 0) is 53.4 Å². The lowest BCUT2D eigenvalue weighted by atomic mass is 10.0. The summed E-state index contributed by atoms with van der Waals surface area (Å²) in [5, 5.41) is 13.4. The average molecular weight is 499 g/mol. The highest BCUT2D eigenvalue weighted by atomic mass is 16.3. The zero-order chi connectivity index (χ0) is 25.9. The highest BCUT2D eigenvalue weighted by Crippen LogP contribution is 2.29. The van der Waals surface area contributed by atoms with E-state index in [1.807, 2.05) is 65.2 Å². The highest BCUT2D eigenvalue weighted by molar-refractivity contribution is 5.83. The van der Waals surface area contributed by atoms with Gasteiger partial charge >= 0.3 is 0 Å². The van der Waals surface area contributed by atoms with Crippen molar-refractivity contribution in [2.75, 3.05) is 5.32 Å². The summed E-state index contributed by atoms with van der Waals surface area (Å²) >= 11 is 0. The standard InChI is InChI=1S/C31H26N6O/c1-21(22-7-3-2-4-8-22)34-31-35-27(26-10-6-5-9-25(26)19-38)18-30(36-31)37-20-33-28-17-24(11-12-29(28)37)23-13-15-32-16-14-23/h2-18,20-21,38H,19H2,1H3,(H,34,35,36). The minimum absolute atomic E-state index is 0.00478. The smallest absolute Gasteiger partial charge is 0.225 e. The predicted molar refractivity (Wildman–Crippen MR) is 150 cm³/mol. The maximum absolute atomic E-state index is 9.98. The Morgan fingerprint density at radius 1 is 0.842 bits per heavy atom. The maximum atomic E-state index is 9.98. The minimum Gasteiger partial charge on any atom is -0.392 e. The third-order valence-corrected chi connectivity index (χ3v) is 6.63. The summed E-state index contributed by atoms with van der Waals surface area (Å²) in [6.07, 6.45) is 5.36. The summed E-state index contributed by atoms with van der Waals surface area (Å²) in [6.45, 7) is 2.00. The van der Waals surface area contributed by atoms with Crippen LogP contribution in [0.15, 0.2) is 110 Å². The quantitative estimate of drug-likeness (QED) is 0.272. The first-order valence-corrected chi connectivity index (χ1v) is 12.5. The molecule has 0 fully saturated rings. The second-order valence-electron chi connectivity index (χ2n) is 9.08. The van der Waals surface area contributed by atoms with Gasteiger partial charge < -0.3 is 10.4 Å². The number of nitrogens with zero attached hydrogens (tertiary/aromatic N) is 5. The molecule has 1 atom stereocenters. The number of anilines is 1. The number of aliphatic hydroxyl groups is 1. The van der Waals surface area contributed by atoms with Crippen LogP contribution in [-0.2, 0) is 6.61 Å². The first kappa shape index (κ1) is 23.5. The lowest BCUT2D eigenvalue weighted by molar-refractivity contribution is 0.282. The Morgan fingerprint density at radius 3 is 2.45 bits per heavy atom. The number of nitrogens with one attached hydrogen (secondary N) is 1. The molecule has 0 spiro atoms. The van der Waals surface area contributed by atoms with E-state index in [0.29, 0.717) is 11.8 Å². The minimum atomic E-state index is -0.0789. The molecule has 186 valence electrons. The van der Waals surface area contributed by atoms with Gasteiger partial charge in [-0.2, -0.15) is 4.98 Å². The van der Waals surface area contributed by atoms with Gasteiger partial charge in [0.1, 0.15) is 12.1 Å². The number of fused-ring (bicyclic) bond motifs is 1. The summed E-state index contributed by atoms with van der Waals surface area (Å²) in [7, 11) is 0. The summed E-state index contributed by atoms with van der Waals surface area (Å²) in [6, 6.07) is 30.0. The summed E-state index contributed by atoms with van der Waals surface area (Å²) < 4.78 is 1.97. The van der Waals surface area contributed by atoms with Crippen molar-refractivity contribution in [3.05, 3.63) is 121 Å². The molecule has 7 heteroatoms. The Labute approximate surface area is 220 Å². The van der Waals surface area contributed by atoms with Gasteiger partial charge in [0.05, 0.1) is 29.4 Å². The normalized spacial score (nSPS) is 11.9. The number of hydrogen-bond donors (Lipinski definition) is 2. The van der Waals surface area contributed by atoms with E-state index >= 15 is 0 Å². The largest absolute Gasteiger partial charge is 0.392 e. The van der Waals surface area contributed by atoms with Gasteiger partial charge in [-0.15, -0.1) is 0 Å². The van der Waals surface area contributed by atoms with Crippen LogP contribution in [0.5, 0.6) is 0 Å². The number of aliphatic hydroxyl groups excluding tert-OH is 1. The molecule has 7 nitrogen and oxygen atoms in total. The predicted octanol–water partition coefficient (Wildman–Crippen LogP) is 6.21. The van der Waals surface area contributed by atoms with Crippen molar-refractivity contribution >= 4 is 17.0 Å². The lowest BCUT2D eigenvalue weighted by Gasteiger charge is -2.17. The van der Waals surface area contributed by atoms with Crippen LogP contribution < -0.4 is 5.32 Å². The van der Waals surface area contributed by atoms with Crippen molar-refractivity contribution in [3.8, 4) is 28.2 Å². The first-order chi connectivity index (χ1) is 18.7. The number of rotatable bonds is 7. The summed E-state index contributed by atoms with van der Waals surface area (Å²) in [5.74, 6) is 1.18. The Bertz CT molecular complexity index is 1700. The van der Waals surface area contributed by atoms with Gasteiger partial charge in [0.25, 0.3) is 0 Å². The van der Waals surface area contributed by atoms with Crippen molar-refractivity contribution in [2.24, 2.45) is 0 Å². The first-order valence-electron chi connectivity index (χ1n) is 12.5. The van der Waals surface area contributed by atoms with Crippen molar-refractivity contribution in [2.45, 2.75) is 19.6 Å². The van der Waals surface area contributed by atoms with Gasteiger partial charge in [-0.3, -0.25) is 9.55 Å². The van der Waals surface area contributed by atoms with Crippen LogP contribution in [0, 0.1) is 0 Å². The fraction of sp³-hybridized carbons (Fsp3) is 0.0968. The average Bonchev–Trinajstić information content (AvgIpc) is 3.41. The van der Waals surface area contributed by atoms with Crippen LogP contribution in [0.2, 0.25) is 0 Å². The van der Waals surface area contributed by atoms with E-state index in [0.717, 1.165) is 44.5 Å². The fourth-order valence-corrected chi connectivity index (χ4v) is 4.61. The third kappa shape index (κ3) is 4.63. The Hall–Kier alpha value is -4.88. The number of imidazole rings is 1. The molecular formula is C31H26N6O. The SMILES string of the molecule is CC(Nc1nc(-c2ccccc2CO)cc(-n2cnc3cc(-c4ccncc4)ccc32)n1)c1ccccc1. The van der Waals surface area contributed by atoms with Crippen molar-refractivity contribution in [1.82, 2.24) is 24.5 Å². The molecule has 6 aromatic rings. The van der Waals surface area contributed by atoms with Crippen LogP contribution in [-0.4, -0.2) is 29.6 Å². The molecule has 0 bridgehead atoms. The van der Waals surface area contributed by atoms with Crippen LogP contribution in [0.25, 0.3) is 39.2 Å². The van der Waals surface area contributed by atoms with Crippen LogP contribution in [0.4, 0.5) is 5.95 Å². The molecule has 0 aliphatic carbocycles. The summed E-state index contributed by atoms with van der Waals surface area (Å²) in [5.41, 5.74) is 7.47. The Morgan fingerprint density at radius 2 is 1.63 bits per heavy atom. The number of aromatic nitrogens is 5. The van der Waals surface area contributed by atoms with Crippen LogP contribution in [0.1, 0.15) is 24.1 Å². The molecule has 3 aromatic carbocycles. The maximum Gasteiger partial charge on any atom is 0.225 e. The molecule has 0 aliphatic heterocycles. The molecule has 3 heterocycles. The second-order valence-corrected chi connectivity index (χ2v) is 9.08. The zero-order valence-electron chi connectivity index (χ0n) is 20.9. The van der Waals surface area contributed by atoms with Gasteiger partial charge in [0.2, 0.25) is 5.95 Å². The second kappa shape index (κ2) is 10.2. The molecule has 0 amide bonds. The zero-order valence-corrected chi connectivity index (χ0v) is 20.9. The lowest BCUT2D eigenvalue weighted by Crippen LogP contribution is -2.11. The molecule has 38 heavy (non-hydrogen) atoms. The third-order valence-electron chi connectivity index (χ3n) is 6.63. The topological polar surface area (TPSA) is 88.8 Å².